The van der Waals surface area contributed by atoms with Gasteiger partial charge in [0.2, 0.25) is 26.6 Å². The van der Waals surface area contributed by atoms with Crippen molar-refractivity contribution in [2.75, 3.05) is 25.1 Å². The predicted octanol–water partition coefficient (Wildman–Crippen LogP) is 4.03. The molecule has 9 heteroatoms. The molecule has 1 N–H and O–H groups in total. The zero-order valence-electron chi connectivity index (χ0n) is 14.9. The Morgan fingerprint density at radius 3 is 2.64 bits per heavy atom. The lowest BCUT2D eigenvalue weighted by atomic mass is 10.2. The van der Waals surface area contributed by atoms with E-state index in [4.69, 9.17) is 25.5 Å². The number of sulfone groups is 1. The van der Waals surface area contributed by atoms with E-state index in [0.717, 1.165) is 0 Å². The molecule has 2 aromatic carbocycles. The fraction of sp³-hybridized carbons (Fsp3) is 0.211. The van der Waals surface area contributed by atoms with Crippen molar-refractivity contribution < 1.29 is 22.3 Å². The molecule has 146 valence electrons. The van der Waals surface area contributed by atoms with Gasteiger partial charge in [0, 0.05) is 23.2 Å². The van der Waals surface area contributed by atoms with Crippen LogP contribution in [0.15, 0.2) is 56.8 Å². The van der Waals surface area contributed by atoms with Crippen LogP contribution < -0.4 is 14.8 Å². The number of hydrogen-bond donors (Lipinski definition) is 1. The molecule has 0 saturated carbocycles. The van der Waals surface area contributed by atoms with Crippen molar-refractivity contribution in [3.8, 4) is 23.0 Å². The van der Waals surface area contributed by atoms with Crippen LogP contribution in [-0.4, -0.2) is 33.2 Å². The summed E-state index contributed by atoms with van der Waals surface area (Å²) in [6, 6.07) is 11.3. The van der Waals surface area contributed by atoms with Crippen LogP contribution in [0.25, 0.3) is 11.5 Å². The topological polar surface area (TPSA) is 90.7 Å². The highest BCUT2D eigenvalue weighted by Gasteiger charge is 2.29. The first-order valence-corrected chi connectivity index (χ1v) is 10.5. The lowest BCUT2D eigenvalue weighted by molar-refractivity contribution is 0.171. The molecule has 0 atom stereocenters. The second-order valence-electron chi connectivity index (χ2n) is 6.00. The van der Waals surface area contributed by atoms with Crippen molar-refractivity contribution >= 4 is 27.3 Å². The minimum absolute atomic E-state index is 0.0434. The Bertz CT molecular complexity index is 1130. The van der Waals surface area contributed by atoms with Crippen LogP contribution >= 0.6 is 11.6 Å². The lowest BCUT2D eigenvalue weighted by Crippen LogP contribution is -2.16. The normalized spacial score (nSPS) is 13.4. The summed E-state index contributed by atoms with van der Waals surface area (Å²) in [6.07, 6.45) is 0. The van der Waals surface area contributed by atoms with E-state index in [1.165, 1.54) is 12.1 Å². The van der Waals surface area contributed by atoms with Gasteiger partial charge in [0.1, 0.15) is 13.2 Å². The zero-order chi connectivity index (χ0) is 19.7. The summed E-state index contributed by atoms with van der Waals surface area (Å²) in [5, 5.41) is 3.23. The van der Waals surface area contributed by atoms with E-state index < -0.39 is 9.84 Å². The van der Waals surface area contributed by atoms with Crippen LogP contribution in [0.1, 0.15) is 6.92 Å². The van der Waals surface area contributed by atoms with Crippen LogP contribution in [-0.2, 0) is 9.84 Å². The monoisotopic (exact) mass is 420 g/mol. The summed E-state index contributed by atoms with van der Waals surface area (Å²) >= 11 is 6.03. The first-order valence-electron chi connectivity index (χ1n) is 8.64. The van der Waals surface area contributed by atoms with Gasteiger partial charge >= 0.3 is 0 Å². The third-order valence-electron chi connectivity index (χ3n) is 4.08. The number of aromatic nitrogens is 1. The maximum atomic E-state index is 13.2. The van der Waals surface area contributed by atoms with E-state index in [2.05, 4.69) is 10.3 Å². The highest BCUT2D eigenvalue weighted by molar-refractivity contribution is 7.91. The molecule has 7 nitrogen and oxygen atoms in total. The first-order chi connectivity index (χ1) is 13.5. The van der Waals surface area contributed by atoms with Gasteiger partial charge in [-0.2, -0.15) is 4.98 Å². The number of hydrogen-bond acceptors (Lipinski definition) is 7. The quantitative estimate of drug-likeness (QED) is 0.666. The first kappa shape index (κ1) is 18.6. The van der Waals surface area contributed by atoms with E-state index in [-0.39, 0.29) is 21.7 Å². The van der Waals surface area contributed by atoms with Gasteiger partial charge in [-0.15, -0.1) is 0 Å². The Morgan fingerprint density at radius 2 is 1.89 bits per heavy atom. The third kappa shape index (κ3) is 3.41. The van der Waals surface area contributed by atoms with Crippen LogP contribution in [0.5, 0.6) is 11.5 Å². The molecule has 0 spiro atoms. The van der Waals surface area contributed by atoms with Crippen LogP contribution in [0.3, 0.4) is 0 Å². The summed E-state index contributed by atoms with van der Waals surface area (Å²) in [6.45, 7) is 3.09. The molecule has 0 amide bonds. The molecule has 0 saturated heterocycles. The molecule has 3 aromatic rings. The zero-order valence-corrected chi connectivity index (χ0v) is 16.5. The van der Waals surface area contributed by atoms with Gasteiger partial charge in [0.05, 0.1) is 4.90 Å². The van der Waals surface area contributed by atoms with Crippen molar-refractivity contribution in [1.29, 1.82) is 0 Å². The molecule has 1 aromatic heterocycles. The summed E-state index contributed by atoms with van der Waals surface area (Å²) in [7, 11) is -3.96. The van der Waals surface area contributed by atoms with Gasteiger partial charge in [0.15, 0.2) is 11.5 Å². The standard InChI is InChI=1S/C19H17ClN2O5S/c1-2-21-18-19(22-17(27-18)12-4-3-5-13(20)10-12)28(23,24)14-6-7-15-16(11-14)26-9-8-25-15/h3-7,10-11,21H,2,8-9H2,1H3. The summed E-state index contributed by atoms with van der Waals surface area (Å²) in [5.74, 6) is 1.13. The SMILES string of the molecule is CCNc1oc(-c2cccc(Cl)c2)nc1S(=O)(=O)c1ccc2c(c1)OCCO2. The maximum Gasteiger partial charge on any atom is 0.233 e. The molecule has 1 aliphatic rings. The number of benzene rings is 2. The van der Waals surface area contributed by atoms with Crippen molar-refractivity contribution in [2.45, 2.75) is 16.8 Å². The van der Waals surface area contributed by atoms with Crippen molar-refractivity contribution in [3.63, 3.8) is 0 Å². The van der Waals surface area contributed by atoms with E-state index in [1.54, 1.807) is 30.3 Å². The Kier molecular flexibility index (Phi) is 4.91. The summed E-state index contributed by atoms with van der Waals surface area (Å²) < 4.78 is 43.1. The maximum absolute atomic E-state index is 13.2. The molecule has 0 bridgehead atoms. The number of ether oxygens (including phenoxy) is 2. The average molecular weight is 421 g/mol. The minimum Gasteiger partial charge on any atom is -0.486 e. The van der Waals surface area contributed by atoms with Gasteiger partial charge in [-0.3, -0.25) is 0 Å². The number of oxazole rings is 1. The largest absolute Gasteiger partial charge is 0.486 e. The smallest absolute Gasteiger partial charge is 0.233 e. The Balaban J connectivity index is 1.80. The molecule has 0 fully saturated rings. The summed E-state index contributed by atoms with van der Waals surface area (Å²) in [5.41, 5.74) is 0.579. The van der Waals surface area contributed by atoms with Crippen LogP contribution in [0.2, 0.25) is 5.02 Å². The number of halogens is 1. The number of fused-ring (bicyclic) bond motifs is 1. The van der Waals surface area contributed by atoms with Crippen LogP contribution in [0, 0.1) is 0 Å². The predicted molar refractivity (Wildman–Crippen MR) is 104 cm³/mol. The fourth-order valence-electron chi connectivity index (χ4n) is 2.81. The van der Waals surface area contributed by atoms with E-state index in [9.17, 15) is 8.42 Å². The molecular weight excluding hydrogens is 404 g/mol. The minimum atomic E-state index is -3.96. The molecule has 0 unspecified atom stereocenters. The van der Waals surface area contributed by atoms with Crippen LogP contribution in [0.4, 0.5) is 5.88 Å². The molecule has 0 radical (unpaired) electrons. The molecule has 28 heavy (non-hydrogen) atoms. The Hall–Kier alpha value is -2.71. The third-order valence-corrected chi connectivity index (χ3v) is 5.98. The molecular formula is C19H17ClN2O5S. The summed E-state index contributed by atoms with van der Waals surface area (Å²) in [4.78, 5) is 4.30. The fourth-order valence-corrected chi connectivity index (χ4v) is 4.29. The second-order valence-corrected chi connectivity index (χ2v) is 8.30. The van der Waals surface area contributed by atoms with Crippen molar-refractivity contribution in [2.24, 2.45) is 0 Å². The van der Waals surface area contributed by atoms with E-state index in [1.807, 2.05) is 6.92 Å². The number of rotatable bonds is 5. The van der Waals surface area contributed by atoms with Gasteiger partial charge in [-0.05, 0) is 37.3 Å². The molecule has 0 aliphatic carbocycles. The Labute approximate surface area is 167 Å². The number of anilines is 1. The molecule has 2 heterocycles. The van der Waals surface area contributed by atoms with Gasteiger partial charge < -0.3 is 19.2 Å². The molecule has 1 aliphatic heterocycles. The van der Waals surface area contributed by atoms with Gasteiger partial charge in [0.25, 0.3) is 0 Å². The second kappa shape index (κ2) is 7.37. The van der Waals surface area contributed by atoms with E-state index in [0.29, 0.717) is 41.8 Å². The highest BCUT2D eigenvalue weighted by Crippen LogP contribution is 2.37. The lowest BCUT2D eigenvalue weighted by Gasteiger charge is -2.18. The van der Waals surface area contributed by atoms with Gasteiger partial charge in [-0.25, -0.2) is 8.42 Å². The average Bonchev–Trinajstić information content (AvgIpc) is 3.13. The van der Waals surface area contributed by atoms with E-state index >= 15 is 0 Å². The highest BCUT2D eigenvalue weighted by atomic mass is 35.5. The Morgan fingerprint density at radius 1 is 1.11 bits per heavy atom. The van der Waals surface area contributed by atoms with Crippen molar-refractivity contribution in [3.05, 3.63) is 47.5 Å². The molecule has 4 rings (SSSR count). The number of nitrogens with zero attached hydrogens (tertiary/aromatic N) is 1. The van der Waals surface area contributed by atoms with Crippen molar-refractivity contribution in [1.82, 2.24) is 4.98 Å². The number of nitrogens with one attached hydrogen (secondary N) is 1. The van der Waals surface area contributed by atoms with Gasteiger partial charge in [-0.1, -0.05) is 17.7 Å².